The Bertz CT molecular complexity index is 236. The fourth-order valence-corrected chi connectivity index (χ4v) is 3.20. The number of hydrogen-bond donors (Lipinski definition) is 1. The molecule has 2 rings (SSSR count). The zero-order valence-corrected chi connectivity index (χ0v) is 11.7. The largest absolute Gasteiger partial charge is 0.381 e. The lowest BCUT2D eigenvalue weighted by molar-refractivity contribution is -0.151. The molecule has 2 fully saturated rings. The summed E-state index contributed by atoms with van der Waals surface area (Å²) in [4.78, 5) is 0. The van der Waals surface area contributed by atoms with E-state index in [-0.39, 0.29) is 5.60 Å². The topological polar surface area (TPSA) is 39.7 Å². The quantitative estimate of drug-likeness (QED) is 0.812. The number of ether oxygens (including phenoxy) is 3. The fourth-order valence-electron chi connectivity index (χ4n) is 3.20. The van der Waals surface area contributed by atoms with E-state index in [0.717, 1.165) is 58.7 Å². The molecule has 4 nitrogen and oxygen atoms in total. The van der Waals surface area contributed by atoms with Gasteiger partial charge >= 0.3 is 0 Å². The van der Waals surface area contributed by atoms with Gasteiger partial charge in [0.2, 0.25) is 0 Å². The second-order valence-electron chi connectivity index (χ2n) is 5.45. The van der Waals surface area contributed by atoms with Gasteiger partial charge in [0, 0.05) is 32.5 Å². The second-order valence-corrected chi connectivity index (χ2v) is 5.45. The van der Waals surface area contributed by atoms with Gasteiger partial charge < -0.3 is 19.5 Å². The molecule has 2 heterocycles. The molecule has 0 saturated carbocycles. The Kier molecular flexibility index (Phi) is 5.42. The van der Waals surface area contributed by atoms with E-state index in [0.29, 0.717) is 12.0 Å². The highest BCUT2D eigenvalue weighted by Crippen LogP contribution is 2.38. The average molecular weight is 257 g/mol. The molecule has 2 aliphatic heterocycles. The van der Waals surface area contributed by atoms with E-state index in [2.05, 4.69) is 12.2 Å². The van der Waals surface area contributed by atoms with Crippen LogP contribution in [-0.2, 0) is 14.2 Å². The lowest BCUT2D eigenvalue weighted by Gasteiger charge is -2.45. The molecule has 18 heavy (non-hydrogen) atoms. The molecule has 2 unspecified atom stereocenters. The Balaban J connectivity index is 1.91. The minimum atomic E-state index is 0.0858. The molecular weight excluding hydrogens is 230 g/mol. The normalized spacial score (nSPS) is 29.3. The van der Waals surface area contributed by atoms with Gasteiger partial charge in [-0.25, -0.2) is 0 Å². The maximum Gasteiger partial charge on any atom is 0.0729 e. The first-order valence-corrected chi connectivity index (χ1v) is 7.26. The zero-order valence-electron chi connectivity index (χ0n) is 11.7. The van der Waals surface area contributed by atoms with Gasteiger partial charge in [-0.15, -0.1) is 0 Å². The summed E-state index contributed by atoms with van der Waals surface area (Å²) in [5.41, 5.74) is 0.0858. The maximum absolute atomic E-state index is 6.09. The van der Waals surface area contributed by atoms with E-state index in [1.54, 1.807) is 0 Å². The smallest absolute Gasteiger partial charge is 0.0729 e. The second kappa shape index (κ2) is 6.85. The van der Waals surface area contributed by atoms with E-state index in [1.165, 1.54) is 0 Å². The molecule has 2 atom stereocenters. The van der Waals surface area contributed by atoms with Crippen molar-refractivity contribution in [3.63, 3.8) is 0 Å². The van der Waals surface area contributed by atoms with Crippen molar-refractivity contribution in [2.24, 2.45) is 5.92 Å². The zero-order chi connectivity index (χ0) is 12.8. The van der Waals surface area contributed by atoms with Gasteiger partial charge in [-0.2, -0.15) is 0 Å². The van der Waals surface area contributed by atoms with E-state index < -0.39 is 0 Å². The predicted molar refractivity (Wildman–Crippen MR) is 70.8 cm³/mol. The highest BCUT2D eigenvalue weighted by atomic mass is 16.5. The Morgan fingerprint density at radius 1 is 1.33 bits per heavy atom. The van der Waals surface area contributed by atoms with E-state index in [9.17, 15) is 0 Å². The predicted octanol–water partition coefficient (Wildman–Crippen LogP) is 1.59. The molecule has 0 aromatic heterocycles. The third-order valence-corrected chi connectivity index (χ3v) is 4.38. The summed E-state index contributed by atoms with van der Waals surface area (Å²) in [5.74, 6) is 0.661. The molecule has 4 heteroatoms. The lowest BCUT2D eigenvalue weighted by atomic mass is 9.78. The first-order valence-electron chi connectivity index (χ1n) is 7.26. The van der Waals surface area contributed by atoms with Crippen molar-refractivity contribution in [2.75, 3.05) is 40.1 Å². The first kappa shape index (κ1) is 14.3. The minimum absolute atomic E-state index is 0.0858. The van der Waals surface area contributed by atoms with E-state index in [4.69, 9.17) is 14.2 Å². The van der Waals surface area contributed by atoms with Crippen molar-refractivity contribution in [2.45, 2.75) is 44.2 Å². The third kappa shape index (κ3) is 3.44. The summed E-state index contributed by atoms with van der Waals surface area (Å²) in [6, 6.07) is 0.452. The standard InChI is InChI=1S/C14H27NO3/c1-3-16-11-13(15-2)12-4-7-18-14(10-12)5-8-17-9-6-14/h12-13,15H,3-11H2,1-2H3. The maximum atomic E-state index is 6.09. The average Bonchev–Trinajstić information content (AvgIpc) is 2.41. The SMILES string of the molecule is CCOCC(NC)C1CCOC2(CCOCC2)C1. The van der Waals surface area contributed by atoms with Crippen LogP contribution >= 0.6 is 0 Å². The fraction of sp³-hybridized carbons (Fsp3) is 1.00. The monoisotopic (exact) mass is 257 g/mol. The van der Waals surface area contributed by atoms with Crippen LogP contribution in [0.4, 0.5) is 0 Å². The number of rotatable bonds is 5. The Morgan fingerprint density at radius 3 is 2.78 bits per heavy atom. The van der Waals surface area contributed by atoms with E-state index in [1.807, 2.05) is 7.05 Å². The molecule has 0 radical (unpaired) electrons. The molecule has 2 aliphatic rings. The molecule has 106 valence electrons. The molecule has 0 amide bonds. The lowest BCUT2D eigenvalue weighted by Crippen LogP contribution is -2.50. The Labute approximate surface area is 110 Å². The Hall–Kier alpha value is -0.160. The van der Waals surface area contributed by atoms with Crippen LogP contribution in [0, 0.1) is 5.92 Å². The van der Waals surface area contributed by atoms with E-state index >= 15 is 0 Å². The molecule has 1 N–H and O–H groups in total. The summed E-state index contributed by atoms with van der Waals surface area (Å²) >= 11 is 0. The molecule has 0 aliphatic carbocycles. The van der Waals surface area contributed by atoms with Crippen molar-refractivity contribution >= 4 is 0 Å². The van der Waals surface area contributed by atoms with Crippen LogP contribution in [0.3, 0.4) is 0 Å². The molecule has 2 saturated heterocycles. The molecular formula is C14H27NO3. The summed E-state index contributed by atoms with van der Waals surface area (Å²) in [5, 5.41) is 3.42. The summed E-state index contributed by atoms with van der Waals surface area (Å²) in [6.07, 6.45) is 4.39. The number of hydrogen-bond acceptors (Lipinski definition) is 4. The highest BCUT2D eigenvalue weighted by Gasteiger charge is 2.40. The van der Waals surface area contributed by atoms with Crippen molar-refractivity contribution in [1.29, 1.82) is 0 Å². The van der Waals surface area contributed by atoms with Gasteiger partial charge in [-0.1, -0.05) is 0 Å². The van der Waals surface area contributed by atoms with Crippen LogP contribution in [0.2, 0.25) is 0 Å². The van der Waals surface area contributed by atoms with Gasteiger partial charge in [0.05, 0.1) is 12.2 Å². The van der Waals surface area contributed by atoms with Crippen LogP contribution in [0.5, 0.6) is 0 Å². The molecule has 0 aromatic rings. The first-order chi connectivity index (χ1) is 8.79. The number of likely N-dealkylation sites (N-methyl/N-ethyl adjacent to an activating group) is 1. The molecule has 1 spiro atoms. The van der Waals surface area contributed by atoms with Crippen molar-refractivity contribution in [1.82, 2.24) is 5.32 Å². The van der Waals surface area contributed by atoms with Crippen LogP contribution in [0.15, 0.2) is 0 Å². The van der Waals surface area contributed by atoms with Gasteiger partial charge in [-0.3, -0.25) is 0 Å². The summed E-state index contributed by atoms with van der Waals surface area (Å²) in [7, 11) is 2.04. The van der Waals surface area contributed by atoms with Gasteiger partial charge in [0.1, 0.15) is 0 Å². The van der Waals surface area contributed by atoms with Crippen molar-refractivity contribution in [3.8, 4) is 0 Å². The molecule has 0 bridgehead atoms. The summed E-state index contributed by atoms with van der Waals surface area (Å²) in [6.45, 7) is 6.24. The van der Waals surface area contributed by atoms with Crippen LogP contribution in [0.1, 0.15) is 32.6 Å². The highest BCUT2D eigenvalue weighted by molar-refractivity contribution is 4.92. The van der Waals surface area contributed by atoms with Gasteiger partial charge in [-0.05, 0) is 45.6 Å². The van der Waals surface area contributed by atoms with Crippen molar-refractivity contribution in [3.05, 3.63) is 0 Å². The number of nitrogens with one attached hydrogen (secondary N) is 1. The van der Waals surface area contributed by atoms with Gasteiger partial charge in [0.25, 0.3) is 0 Å². The van der Waals surface area contributed by atoms with Crippen LogP contribution in [-0.4, -0.2) is 51.7 Å². The minimum Gasteiger partial charge on any atom is -0.381 e. The molecule has 0 aromatic carbocycles. The summed E-state index contributed by atoms with van der Waals surface area (Å²) < 4.78 is 17.1. The van der Waals surface area contributed by atoms with Crippen molar-refractivity contribution < 1.29 is 14.2 Å². The Morgan fingerprint density at radius 2 is 2.11 bits per heavy atom. The van der Waals surface area contributed by atoms with Crippen LogP contribution < -0.4 is 5.32 Å². The van der Waals surface area contributed by atoms with Crippen LogP contribution in [0.25, 0.3) is 0 Å². The third-order valence-electron chi connectivity index (χ3n) is 4.38. The van der Waals surface area contributed by atoms with Gasteiger partial charge in [0.15, 0.2) is 0 Å².